The molecule has 0 aromatic carbocycles. The summed E-state index contributed by atoms with van der Waals surface area (Å²) in [7, 11) is -0.632. The van der Waals surface area contributed by atoms with Crippen LogP contribution < -0.4 is 11.1 Å². The fourth-order valence-corrected chi connectivity index (χ4v) is 2.89. The van der Waals surface area contributed by atoms with Gasteiger partial charge in [-0.3, -0.25) is 4.21 Å². The zero-order valence-electron chi connectivity index (χ0n) is 8.35. The van der Waals surface area contributed by atoms with E-state index in [1.807, 2.05) is 0 Å². The lowest BCUT2D eigenvalue weighted by Gasteiger charge is -2.23. The van der Waals surface area contributed by atoms with Crippen LogP contribution in [0.2, 0.25) is 0 Å². The van der Waals surface area contributed by atoms with Gasteiger partial charge in [-0.2, -0.15) is 0 Å². The maximum absolute atomic E-state index is 11.2. The van der Waals surface area contributed by atoms with Crippen molar-refractivity contribution in [2.75, 3.05) is 22.6 Å². The van der Waals surface area contributed by atoms with Crippen LogP contribution in [-0.4, -0.2) is 31.7 Å². The third-order valence-corrected chi connectivity index (χ3v) is 3.84. The largest absolute Gasteiger partial charge is 0.381 e. The first kappa shape index (κ1) is 10.4. The minimum absolute atomic E-state index is 0.321. The predicted molar refractivity (Wildman–Crippen MR) is 61.0 cm³/mol. The smallest absolute Gasteiger partial charge is 0.169 e. The van der Waals surface area contributed by atoms with E-state index in [-0.39, 0.29) is 0 Å². The molecule has 1 aliphatic heterocycles. The van der Waals surface area contributed by atoms with Crippen molar-refractivity contribution >= 4 is 22.4 Å². The maximum Gasteiger partial charge on any atom is 0.169 e. The predicted octanol–water partition coefficient (Wildman–Crippen LogP) is 0.382. The summed E-state index contributed by atoms with van der Waals surface area (Å²) in [5, 5.41) is 3.24. The van der Waals surface area contributed by atoms with Crippen LogP contribution in [0.4, 0.5) is 11.6 Å². The monoisotopic (exact) mass is 226 g/mol. The van der Waals surface area contributed by atoms with E-state index in [9.17, 15) is 4.21 Å². The van der Waals surface area contributed by atoms with Crippen LogP contribution in [-0.2, 0) is 10.8 Å². The number of nitrogens with one attached hydrogen (secondary N) is 1. The maximum atomic E-state index is 11.2. The highest BCUT2D eigenvalue weighted by molar-refractivity contribution is 7.85. The molecule has 2 rings (SSSR count). The fraction of sp³-hybridized carbons (Fsp3) is 0.556. The second kappa shape index (κ2) is 4.57. The summed E-state index contributed by atoms with van der Waals surface area (Å²) in [6.07, 6.45) is 4.99. The first-order chi connectivity index (χ1) is 7.25. The average molecular weight is 226 g/mol. The van der Waals surface area contributed by atoms with Crippen LogP contribution in [0.25, 0.3) is 0 Å². The summed E-state index contributed by atoms with van der Waals surface area (Å²) >= 11 is 0. The van der Waals surface area contributed by atoms with Crippen molar-refractivity contribution in [1.82, 2.24) is 9.97 Å². The molecular weight excluding hydrogens is 212 g/mol. The third-order valence-electron chi connectivity index (χ3n) is 2.46. The number of nitrogens with zero attached hydrogens (tertiary/aromatic N) is 2. The molecular formula is C9H14N4OS. The molecule has 3 N–H and O–H groups in total. The number of aromatic nitrogens is 2. The molecule has 15 heavy (non-hydrogen) atoms. The molecule has 0 unspecified atom stereocenters. The lowest BCUT2D eigenvalue weighted by Crippen LogP contribution is -2.30. The molecule has 2 heterocycles. The van der Waals surface area contributed by atoms with E-state index in [1.165, 1.54) is 0 Å². The summed E-state index contributed by atoms with van der Waals surface area (Å²) in [5.74, 6) is 2.58. The first-order valence-electron chi connectivity index (χ1n) is 4.93. The van der Waals surface area contributed by atoms with Gasteiger partial charge in [0, 0.05) is 40.7 Å². The van der Waals surface area contributed by atoms with Crippen LogP contribution in [0.5, 0.6) is 0 Å². The highest BCUT2D eigenvalue weighted by Crippen LogP contribution is 2.17. The van der Waals surface area contributed by atoms with Crippen molar-refractivity contribution in [3.05, 3.63) is 12.4 Å². The van der Waals surface area contributed by atoms with Crippen LogP contribution in [0.3, 0.4) is 0 Å². The molecule has 1 fully saturated rings. The van der Waals surface area contributed by atoms with E-state index < -0.39 is 10.8 Å². The van der Waals surface area contributed by atoms with Gasteiger partial charge in [0.15, 0.2) is 11.6 Å². The summed E-state index contributed by atoms with van der Waals surface area (Å²) in [6.45, 7) is 0. The first-order valence-corrected chi connectivity index (χ1v) is 6.42. The van der Waals surface area contributed by atoms with E-state index in [0.29, 0.717) is 17.7 Å². The lowest BCUT2D eigenvalue weighted by molar-refractivity contribution is 0.622. The van der Waals surface area contributed by atoms with Gasteiger partial charge < -0.3 is 11.1 Å². The summed E-state index contributed by atoms with van der Waals surface area (Å²) < 4.78 is 11.2. The van der Waals surface area contributed by atoms with Gasteiger partial charge >= 0.3 is 0 Å². The Morgan fingerprint density at radius 2 is 2.00 bits per heavy atom. The molecule has 0 atom stereocenters. The molecule has 0 saturated carbocycles. The molecule has 0 spiro atoms. The van der Waals surface area contributed by atoms with Gasteiger partial charge in [-0.1, -0.05) is 0 Å². The highest BCUT2D eigenvalue weighted by atomic mass is 32.2. The Balaban J connectivity index is 1.97. The number of anilines is 2. The Bertz CT molecular complexity index is 361. The Hall–Kier alpha value is -1.17. The number of nitrogen functional groups attached to an aromatic ring is 1. The quantitative estimate of drug-likeness (QED) is 0.762. The van der Waals surface area contributed by atoms with E-state index in [1.54, 1.807) is 12.4 Å². The molecule has 6 heteroatoms. The lowest BCUT2D eigenvalue weighted by atomic mass is 10.1. The molecule has 1 aromatic rings. The summed E-state index contributed by atoms with van der Waals surface area (Å²) in [5.41, 5.74) is 5.67. The van der Waals surface area contributed by atoms with Crippen LogP contribution in [0.1, 0.15) is 12.8 Å². The van der Waals surface area contributed by atoms with E-state index >= 15 is 0 Å². The van der Waals surface area contributed by atoms with Crippen molar-refractivity contribution in [3.8, 4) is 0 Å². The second-order valence-corrected chi connectivity index (χ2v) is 5.25. The van der Waals surface area contributed by atoms with Crippen molar-refractivity contribution in [2.45, 2.75) is 18.9 Å². The molecule has 1 aliphatic rings. The number of rotatable bonds is 2. The second-order valence-electron chi connectivity index (χ2n) is 3.56. The van der Waals surface area contributed by atoms with Crippen molar-refractivity contribution < 1.29 is 4.21 Å². The van der Waals surface area contributed by atoms with Gasteiger partial charge in [-0.05, 0) is 12.8 Å². The molecule has 5 nitrogen and oxygen atoms in total. The van der Waals surface area contributed by atoms with Gasteiger partial charge in [-0.25, -0.2) is 9.97 Å². The normalized spacial score (nSPS) is 26.1. The molecule has 1 saturated heterocycles. The van der Waals surface area contributed by atoms with Gasteiger partial charge in [0.05, 0.1) is 0 Å². The molecule has 82 valence electrons. The Morgan fingerprint density at radius 1 is 1.33 bits per heavy atom. The van der Waals surface area contributed by atoms with Gasteiger partial charge in [-0.15, -0.1) is 0 Å². The van der Waals surface area contributed by atoms with E-state index in [0.717, 1.165) is 24.3 Å². The minimum Gasteiger partial charge on any atom is -0.381 e. The highest BCUT2D eigenvalue weighted by Gasteiger charge is 2.18. The molecule has 0 bridgehead atoms. The van der Waals surface area contributed by atoms with E-state index in [2.05, 4.69) is 15.3 Å². The van der Waals surface area contributed by atoms with Crippen molar-refractivity contribution in [1.29, 1.82) is 0 Å². The Labute approximate surface area is 91.0 Å². The third kappa shape index (κ3) is 2.65. The topological polar surface area (TPSA) is 80.9 Å². The fourth-order valence-electron chi connectivity index (χ4n) is 1.59. The van der Waals surface area contributed by atoms with Crippen LogP contribution in [0.15, 0.2) is 12.4 Å². The number of hydrogen-bond acceptors (Lipinski definition) is 5. The van der Waals surface area contributed by atoms with Crippen molar-refractivity contribution in [2.24, 2.45) is 0 Å². The Morgan fingerprint density at radius 3 is 2.67 bits per heavy atom. The Kier molecular flexibility index (Phi) is 3.15. The number of hydrogen-bond donors (Lipinski definition) is 2. The molecule has 0 aliphatic carbocycles. The van der Waals surface area contributed by atoms with E-state index in [4.69, 9.17) is 5.73 Å². The van der Waals surface area contributed by atoms with Crippen LogP contribution in [0, 0.1) is 0 Å². The van der Waals surface area contributed by atoms with Gasteiger partial charge in [0.1, 0.15) is 0 Å². The zero-order valence-corrected chi connectivity index (χ0v) is 9.17. The van der Waals surface area contributed by atoms with Gasteiger partial charge in [0.25, 0.3) is 0 Å². The molecule has 1 aromatic heterocycles. The zero-order chi connectivity index (χ0) is 10.7. The summed E-state index contributed by atoms with van der Waals surface area (Å²) in [4.78, 5) is 8.07. The van der Waals surface area contributed by atoms with Crippen molar-refractivity contribution in [3.63, 3.8) is 0 Å². The average Bonchev–Trinajstić information content (AvgIpc) is 2.25. The molecule has 0 amide bonds. The standard InChI is InChI=1S/C9H14N4OS/c10-8-9(12-4-3-11-8)13-7-1-5-15(14)6-2-7/h3-4,7H,1-2,5-6H2,(H2,10,11)(H,12,13). The van der Waals surface area contributed by atoms with Gasteiger partial charge in [0.2, 0.25) is 0 Å². The SMILES string of the molecule is Nc1nccnc1NC1CCS(=O)CC1. The number of nitrogens with two attached hydrogens (primary N) is 1. The van der Waals surface area contributed by atoms with Crippen LogP contribution >= 0.6 is 0 Å². The minimum atomic E-state index is -0.632. The summed E-state index contributed by atoms with van der Waals surface area (Å²) in [6, 6.07) is 0.321. The molecule has 0 radical (unpaired) electrons.